The summed E-state index contributed by atoms with van der Waals surface area (Å²) >= 11 is 0. The summed E-state index contributed by atoms with van der Waals surface area (Å²) in [6.07, 6.45) is 12.4. The lowest BCUT2D eigenvalue weighted by Crippen LogP contribution is -2.63. The van der Waals surface area contributed by atoms with Crippen LogP contribution in [0.4, 0.5) is 0 Å². The first kappa shape index (κ1) is 42.1. The molecule has 5 unspecified atom stereocenters. The highest BCUT2D eigenvalue weighted by Crippen LogP contribution is 2.31. The van der Waals surface area contributed by atoms with Gasteiger partial charge in [0, 0.05) is 33.0 Å². The summed E-state index contributed by atoms with van der Waals surface area (Å²) in [4.78, 5) is 0. The molecule has 1 rings (SSSR count). The third kappa shape index (κ3) is 18.8. The predicted molar refractivity (Wildman–Crippen MR) is 179 cm³/mol. The lowest BCUT2D eigenvalue weighted by atomic mass is 9.97. The maximum Gasteiger partial charge on any atom is 0.187 e. The molecule has 1 saturated heterocycles. The molecular weight excluding hydrogens is 576 g/mol. The first-order valence-corrected chi connectivity index (χ1v) is 18.3. The van der Waals surface area contributed by atoms with Crippen molar-refractivity contribution in [2.75, 3.05) is 52.9 Å². The van der Waals surface area contributed by atoms with Crippen molar-refractivity contribution in [2.24, 2.45) is 0 Å². The summed E-state index contributed by atoms with van der Waals surface area (Å²) in [5.74, 6) is 0. The highest BCUT2D eigenvalue weighted by atomic mass is 16.7. The van der Waals surface area contributed by atoms with Gasteiger partial charge in [0.25, 0.3) is 0 Å². The van der Waals surface area contributed by atoms with Crippen molar-refractivity contribution in [2.45, 2.75) is 168 Å². The van der Waals surface area contributed by atoms with Crippen molar-refractivity contribution in [1.29, 1.82) is 0 Å². The second-order valence-corrected chi connectivity index (χ2v) is 12.0. The smallest absolute Gasteiger partial charge is 0.187 e. The standard InChI is InChI=1S/C36H70O9/c1-8-14-20-37-26-27-40-31(28-38-21-15-9-2)30(7)44-36-35(43-25-19-13-6)34(42-24-18-12-5)33(41-23-17-11-4)32(45-36)29-39-22-16-10-3/h26-27,30-36H,8-25,28-29H2,1-7H3/b27-26-/t30-,31?,32?,33-,34?,35?,36?/m0/s1. The maximum atomic E-state index is 6.71. The van der Waals surface area contributed by atoms with Crippen LogP contribution in [0, 0.1) is 0 Å². The molecule has 1 aliphatic heterocycles. The fourth-order valence-electron chi connectivity index (χ4n) is 4.73. The number of unbranched alkanes of at least 4 members (excludes halogenated alkanes) is 6. The summed E-state index contributed by atoms with van der Waals surface area (Å²) < 4.78 is 56.8. The van der Waals surface area contributed by atoms with Crippen LogP contribution in [0.15, 0.2) is 12.5 Å². The van der Waals surface area contributed by atoms with Crippen LogP contribution in [0.2, 0.25) is 0 Å². The molecule has 0 aliphatic carbocycles. The van der Waals surface area contributed by atoms with Crippen LogP contribution in [0.3, 0.4) is 0 Å². The van der Waals surface area contributed by atoms with Gasteiger partial charge < -0.3 is 42.6 Å². The van der Waals surface area contributed by atoms with Crippen LogP contribution in [0.1, 0.15) is 126 Å². The molecule has 9 heteroatoms. The molecule has 0 aromatic carbocycles. The molecular formula is C36H70O9. The average molecular weight is 647 g/mol. The Balaban J connectivity index is 3.25. The Morgan fingerprint density at radius 1 is 0.578 bits per heavy atom. The molecule has 1 aliphatic rings. The summed E-state index contributed by atoms with van der Waals surface area (Å²) in [6, 6.07) is 0. The van der Waals surface area contributed by atoms with Crippen molar-refractivity contribution in [1.82, 2.24) is 0 Å². The van der Waals surface area contributed by atoms with Crippen LogP contribution in [0.5, 0.6) is 0 Å². The summed E-state index contributed by atoms with van der Waals surface area (Å²) in [6.45, 7) is 19.6. The molecule has 0 aromatic rings. The van der Waals surface area contributed by atoms with Gasteiger partial charge in [-0.05, 0) is 45.4 Å². The lowest BCUT2D eigenvalue weighted by molar-refractivity contribution is -0.335. The van der Waals surface area contributed by atoms with Crippen molar-refractivity contribution >= 4 is 0 Å². The second-order valence-electron chi connectivity index (χ2n) is 12.0. The van der Waals surface area contributed by atoms with E-state index in [4.69, 9.17) is 42.6 Å². The molecule has 0 amide bonds. The summed E-state index contributed by atoms with van der Waals surface area (Å²) in [7, 11) is 0. The van der Waals surface area contributed by atoms with E-state index in [1.165, 1.54) is 0 Å². The van der Waals surface area contributed by atoms with Crippen LogP contribution in [-0.4, -0.2) is 95.8 Å². The molecule has 0 radical (unpaired) electrons. The number of rotatable bonds is 31. The number of ether oxygens (including phenoxy) is 9. The Morgan fingerprint density at radius 2 is 1.09 bits per heavy atom. The quantitative estimate of drug-likeness (QED) is 0.0550. The van der Waals surface area contributed by atoms with Gasteiger partial charge in [0.2, 0.25) is 0 Å². The zero-order valence-corrected chi connectivity index (χ0v) is 30.0. The molecule has 268 valence electrons. The minimum absolute atomic E-state index is 0.329. The van der Waals surface area contributed by atoms with Gasteiger partial charge in [-0.25, -0.2) is 0 Å². The lowest BCUT2D eigenvalue weighted by Gasteiger charge is -2.46. The molecule has 9 nitrogen and oxygen atoms in total. The first-order valence-electron chi connectivity index (χ1n) is 18.3. The molecule has 0 aromatic heterocycles. The minimum Gasteiger partial charge on any atom is -0.498 e. The van der Waals surface area contributed by atoms with Gasteiger partial charge >= 0.3 is 0 Å². The Kier molecular flexibility index (Phi) is 27.3. The molecule has 0 bridgehead atoms. The highest BCUT2D eigenvalue weighted by Gasteiger charge is 2.49. The SMILES string of the molecule is CCCCO/C=C\OC(COCCCC)[C@H](C)OC1OC(COCCCC)[C@H](OCCCC)C(OCCCC)C1OCCCC. The number of hydrogen-bond donors (Lipinski definition) is 0. The van der Waals surface area contributed by atoms with Gasteiger partial charge in [-0.3, -0.25) is 0 Å². The monoisotopic (exact) mass is 647 g/mol. The van der Waals surface area contributed by atoms with Crippen molar-refractivity contribution in [3.8, 4) is 0 Å². The van der Waals surface area contributed by atoms with Crippen molar-refractivity contribution in [3.63, 3.8) is 0 Å². The van der Waals surface area contributed by atoms with E-state index < -0.39 is 12.4 Å². The van der Waals surface area contributed by atoms with Gasteiger partial charge in [0.1, 0.15) is 43.0 Å². The van der Waals surface area contributed by atoms with E-state index in [-0.39, 0.29) is 30.5 Å². The van der Waals surface area contributed by atoms with Crippen LogP contribution < -0.4 is 0 Å². The topological polar surface area (TPSA) is 83.1 Å². The third-order valence-corrected chi connectivity index (χ3v) is 7.76. The van der Waals surface area contributed by atoms with E-state index >= 15 is 0 Å². The molecule has 1 heterocycles. The average Bonchev–Trinajstić information content (AvgIpc) is 3.04. The van der Waals surface area contributed by atoms with Crippen LogP contribution in [-0.2, 0) is 42.6 Å². The van der Waals surface area contributed by atoms with Crippen LogP contribution >= 0.6 is 0 Å². The molecule has 0 saturated carbocycles. The van der Waals surface area contributed by atoms with Crippen LogP contribution in [0.25, 0.3) is 0 Å². The first-order chi connectivity index (χ1) is 22.1. The predicted octanol–water partition coefficient (Wildman–Crippen LogP) is 7.98. The Bertz CT molecular complexity index is 664. The van der Waals surface area contributed by atoms with Gasteiger partial charge in [-0.2, -0.15) is 0 Å². The normalized spacial score (nSPS) is 23.4. The largest absolute Gasteiger partial charge is 0.498 e. The van der Waals surface area contributed by atoms with Gasteiger partial charge in [0.15, 0.2) is 6.29 Å². The second kappa shape index (κ2) is 29.2. The van der Waals surface area contributed by atoms with E-state index in [2.05, 4.69) is 41.5 Å². The fourth-order valence-corrected chi connectivity index (χ4v) is 4.73. The molecule has 1 fully saturated rings. The van der Waals surface area contributed by atoms with E-state index in [9.17, 15) is 0 Å². The van der Waals surface area contributed by atoms with Crippen molar-refractivity contribution in [3.05, 3.63) is 12.5 Å². The van der Waals surface area contributed by atoms with E-state index in [0.717, 1.165) is 77.0 Å². The minimum atomic E-state index is -0.694. The molecule has 45 heavy (non-hydrogen) atoms. The third-order valence-electron chi connectivity index (χ3n) is 7.76. The van der Waals surface area contributed by atoms with Gasteiger partial charge in [0.05, 0.1) is 25.9 Å². The Morgan fingerprint density at radius 3 is 1.69 bits per heavy atom. The van der Waals surface area contributed by atoms with E-state index in [0.29, 0.717) is 52.9 Å². The summed E-state index contributed by atoms with van der Waals surface area (Å²) in [5.41, 5.74) is 0. The zero-order valence-electron chi connectivity index (χ0n) is 30.0. The maximum absolute atomic E-state index is 6.71. The molecule has 7 atom stereocenters. The van der Waals surface area contributed by atoms with Gasteiger partial charge in [-0.15, -0.1) is 0 Å². The number of hydrogen-bond acceptors (Lipinski definition) is 9. The molecule has 0 spiro atoms. The van der Waals surface area contributed by atoms with Crippen molar-refractivity contribution < 1.29 is 42.6 Å². The Labute approximate surface area is 276 Å². The van der Waals surface area contributed by atoms with E-state index in [1.54, 1.807) is 12.5 Å². The fraction of sp³-hybridized carbons (Fsp3) is 0.944. The Hall–Kier alpha value is -0.940. The molecule has 0 N–H and O–H groups in total. The van der Waals surface area contributed by atoms with E-state index in [1.807, 2.05) is 6.92 Å². The highest BCUT2D eigenvalue weighted by molar-refractivity contribution is 4.94. The zero-order chi connectivity index (χ0) is 33.0. The van der Waals surface area contributed by atoms with Gasteiger partial charge in [-0.1, -0.05) is 80.1 Å². The summed E-state index contributed by atoms with van der Waals surface area (Å²) in [5, 5.41) is 0.